The molecule has 1 fully saturated rings. The van der Waals surface area contributed by atoms with Crippen molar-refractivity contribution in [3.8, 4) is 0 Å². The van der Waals surface area contributed by atoms with Gasteiger partial charge < -0.3 is 14.2 Å². The third kappa shape index (κ3) is 2.86. The van der Waals surface area contributed by atoms with Crippen LogP contribution in [-0.2, 0) is 19.0 Å². The molecular weight excluding hydrogens is 148 g/mol. The third-order valence-corrected chi connectivity index (χ3v) is 1.33. The lowest BCUT2D eigenvalue weighted by Crippen LogP contribution is -2.16. The Hall–Kier alpha value is -0.610. The van der Waals surface area contributed by atoms with E-state index in [1.807, 2.05) is 0 Å². The first-order valence-electron chi connectivity index (χ1n) is 3.71. The van der Waals surface area contributed by atoms with Crippen LogP contribution in [0.15, 0.2) is 0 Å². The molecule has 64 valence electrons. The average molecular weight is 160 g/mol. The Bertz CT molecular complexity index is 128. The Morgan fingerprint density at radius 1 is 1.55 bits per heavy atom. The van der Waals surface area contributed by atoms with Crippen LogP contribution in [0.4, 0.5) is 0 Å². The third-order valence-electron chi connectivity index (χ3n) is 1.33. The molecule has 0 aliphatic carbocycles. The lowest BCUT2D eigenvalue weighted by molar-refractivity contribution is -0.151. The van der Waals surface area contributed by atoms with E-state index in [0.29, 0.717) is 19.8 Å². The fourth-order valence-electron chi connectivity index (χ4n) is 0.881. The highest BCUT2D eigenvalue weighted by Gasteiger charge is 2.19. The van der Waals surface area contributed by atoms with Gasteiger partial charge in [-0.15, -0.1) is 0 Å². The van der Waals surface area contributed by atoms with E-state index in [-0.39, 0.29) is 18.7 Å². The SMILES string of the molecule is CCOC(=O)CC1OCCO1. The van der Waals surface area contributed by atoms with E-state index in [1.165, 1.54) is 0 Å². The second kappa shape index (κ2) is 4.31. The van der Waals surface area contributed by atoms with Gasteiger partial charge in [-0.2, -0.15) is 0 Å². The van der Waals surface area contributed by atoms with Crippen LogP contribution < -0.4 is 0 Å². The van der Waals surface area contributed by atoms with Crippen LogP contribution in [0.2, 0.25) is 0 Å². The van der Waals surface area contributed by atoms with Crippen LogP contribution in [0, 0.1) is 0 Å². The van der Waals surface area contributed by atoms with Crippen molar-refractivity contribution < 1.29 is 19.0 Å². The lowest BCUT2D eigenvalue weighted by Gasteiger charge is -2.06. The van der Waals surface area contributed by atoms with Crippen LogP contribution in [0.5, 0.6) is 0 Å². The van der Waals surface area contributed by atoms with Crippen molar-refractivity contribution in [3.63, 3.8) is 0 Å². The molecule has 11 heavy (non-hydrogen) atoms. The number of carbonyl (C=O) groups is 1. The Kier molecular flexibility index (Phi) is 3.32. The predicted octanol–water partition coefficient (Wildman–Crippen LogP) is 0.312. The molecule has 1 rings (SSSR count). The summed E-state index contributed by atoms with van der Waals surface area (Å²) in [5.74, 6) is -0.264. The molecule has 0 saturated carbocycles. The minimum atomic E-state index is -0.381. The number of rotatable bonds is 3. The number of hydrogen-bond acceptors (Lipinski definition) is 4. The lowest BCUT2D eigenvalue weighted by atomic mass is 10.4. The molecule has 0 atom stereocenters. The van der Waals surface area contributed by atoms with E-state index in [2.05, 4.69) is 0 Å². The maximum atomic E-state index is 10.8. The first-order valence-corrected chi connectivity index (χ1v) is 3.71. The zero-order chi connectivity index (χ0) is 8.10. The Balaban J connectivity index is 2.13. The number of ether oxygens (including phenoxy) is 3. The van der Waals surface area contributed by atoms with Gasteiger partial charge in [0.1, 0.15) is 0 Å². The largest absolute Gasteiger partial charge is 0.466 e. The Morgan fingerprint density at radius 3 is 2.73 bits per heavy atom. The summed E-state index contributed by atoms with van der Waals surface area (Å²) in [7, 11) is 0. The van der Waals surface area contributed by atoms with Gasteiger partial charge in [-0.05, 0) is 6.92 Å². The quantitative estimate of drug-likeness (QED) is 0.557. The van der Waals surface area contributed by atoms with E-state index in [1.54, 1.807) is 6.92 Å². The van der Waals surface area contributed by atoms with Crippen molar-refractivity contribution in [2.24, 2.45) is 0 Å². The topological polar surface area (TPSA) is 44.8 Å². The van der Waals surface area contributed by atoms with Gasteiger partial charge in [0.25, 0.3) is 0 Å². The first-order chi connectivity index (χ1) is 5.33. The summed E-state index contributed by atoms with van der Waals surface area (Å²) >= 11 is 0. The highest BCUT2D eigenvalue weighted by molar-refractivity contribution is 5.69. The first kappa shape index (κ1) is 8.49. The summed E-state index contributed by atoms with van der Waals surface area (Å²) in [5.41, 5.74) is 0. The van der Waals surface area contributed by atoms with Crippen LogP contribution in [0.25, 0.3) is 0 Å². The van der Waals surface area contributed by atoms with Crippen molar-refractivity contribution in [1.29, 1.82) is 0 Å². The molecule has 1 heterocycles. The minimum Gasteiger partial charge on any atom is -0.466 e. The summed E-state index contributed by atoms with van der Waals surface area (Å²) in [6.45, 7) is 3.33. The molecule has 0 radical (unpaired) electrons. The van der Waals surface area contributed by atoms with Gasteiger partial charge in [0.05, 0.1) is 26.2 Å². The second-order valence-electron chi connectivity index (χ2n) is 2.18. The summed E-state index contributed by atoms with van der Waals surface area (Å²) in [6, 6.07) is 0. The Morgan fingerprint density at radius 2 is 2.18 bits per heavy atom. The molecule has 0 aromatic heterocycles. The van der Waals surface area contributed by atoms with E-state index < -0.39 is 0 Å². The molecule has 0 N–H and O–H groups in total. The molecule has 0 bridgehead atoms. The molecule has 0 spiro atoms. The molecular formula is C7H12O4. The van der Waals surface area contributed by atoms with Crippen molar-refractivity contribution in [2.75, 3.05) is 19.8 Å². The zero-order valence-electron chi connectivity index (χ0n) is 6.54. The van der Waals surface area contributed by atoms with Crippen molar-refractivity contribution in [2.45, 2.75) is 19.6 Å². The fourth-order valence-corrected chi connectivity index (χ4v) is 0.881. The van der Waals surface area contributed by atoms with Gasteiger partial charge in [0.2, 0.25) is 0 Å². The molecule has 4 heteroatoms. The van der Waals surface area contributed by atoms with E-state index >= 15 is 0 Å². The molecule has 0 aromatic rings. The van der Waals surface area contributed by atoms with Crippen LogP contribution in [0.1, 0.15) is 13.3 Å². The molecule has 4 nitrogen and oxygen atoms in total. The van der Waals surface area contributed by atoms with Crippen molar-refractivity contribution >= 4 is 5.97 Å². The zero-order valence-corrected chi connectivity index (χ0v) is 6.54. The molecule has 0 unspecified atom stereocenters. The van der Waals surface area contributed by atoms with Gasteiger partial charge in [-0.1, -0.05) is 0 Å². The van der Waals surface area contributed by atoms with Crippen LogP contribution in [0.3, 0.4) is 0 Å². The smallest absolute Gasteiger partial charge is 0.310 e. The van der Waals surface area contributed by atoms with Gasteiger partial charge in [-0.3, -0.25) is 4.79 Å². The Labute approximate surface area is 65.4 Å². The maximum Gasteiger partial charge on any atom is 0.310 e. The maximum absolute atomic E-state index is 10.8. The molecule has 1 saturated heterocycles. The number of carbonyl (C=O) groups excluding carboxylic acids is 1. The standard InChI is InChI=1S/C7H12O4/c1-2-9-6(8)5-7-10-3-4-11-7/h7H,2-5H2,1H3. The van der Waals surface area contributed by atoms with Crippen molar-refractivity contribution in [1.82, 2.24) is 0 Å². The summed E-state index contributed by atoms with van der Waals surface area (Å²) < 4.78 is 14.8. The molecule has 1 aliphatic heterocycles. The molecule has 0 aromatic carbocycles. The summed E-state index contributed by atoms with van der Waals surface area (Å²) in [4.78, 5) is 10.8. The fraction of sp³-hybridized carbons (Fsp3) is 0.857. The average Bonchev–Trinajstić information content (AvgIpc) is 2.40. The summed E-state index contributed by atoms with van der Waals surface area (Å²) in [6.07, 6.45) is -0.178. The van der Waals surface area contributed by atoms with E-state index in [0.717, 1.165) is 0 Å². The number of esters is 1. The van der Waals surface area contributed by atoms with Crippen molar-refractivity contribution in [3.05, 3.63) is 0 Å². The highest BCUT2D eigenvalue weighted by Crippen LogP contribution is 2.08. The van der Waals surface area contributed by atoms with E-state index in [4.69, 9.17) is 14.2 Å². The van der Waals surface area contributed by atoms with E-state index in [9.17, 15) is 4.79 Å². The molecule has 0 amide bonds. The highest BCUT2D eigenvalue weighted by atomic mass is 16.7. The minimum absolute atomic E-state index is 0.202. The molecule has 1 aliphatic rings. The van der Waals surface area contributed by atoms with Gasteiger partial charge in [0.15, 0.2) is 6.29 Å². The summed E-state index contributed by atoms with van der Waals surface area (Å²) in [5, 5.41) is 0. The van der Waals surface area contributed by atoms with Crippen LogP contribution >= 0.6 is 0 Å². The normalized spacial score (nSPS) is 18.6. The van der Waals surface area contributed by atoms with Crippen LogP contribution in [-0.4, -0.2) is 32.1 Å². The second-order valence-corrected chi connectivity index (χ2v) is 2.18. The van der Waals surface area contributed by atoms with Gasteiger partial charge in [0, 0.05) is 0 Å². The van der Waals surface area contributed by atoms with Gasteiger partial charge >= 0.3 is 5.97 Å². The predicted molar refractivity (Wildman–Crippen MR) is 36.9 cm³/mol. The number of hydrogen-bond donors (Lipinski definition) is 0. The van der Waals surface area contributed by atoms with Gasteiger partial charge in [-0.25, -0.2) is 0 Å². The monoisotopic (exact) mass is 160 g/mol.